The van der Waals surface area contributed by atoms with E-state index in [9.17, 15) is 0 Å². The zero-order valence-corrected chi connectivity index (χ0v) is 10.9. The van der Waals surface area contributed by atoms with E-state index < -0.39 is 0 Å². The van der Waals surface area contributed by atoms with Crippen molar-refractivity contribution in [3.8, 4) is 0 Å². The standard InChI is InChI=1S/C16H23N/c1-17-12-16(8-9-16)11-13-6-7-14-4-2-3-5-15(14)10-13/h6-7,10,17H,2-5,8-9,11-12H2,1H3. The summed E-state index contributed by atoms with van der Waals surface area (Å²) in [5.41, 5.74) is 5.41. The largest absolute Gasteiger partial charge is 0.319 e. The van der Waals surface area contributed by atoms with Crippen molar-refractivity contribution in [1.82, 2.24) is 5.32 Å². The molecule has 0 atom stereocenters. The van der Waals surface area contributed by atoms with Gasteiger partial charge in [-0.25, -0.2) is 0 Å². The predicted molar refractivity (Wildman–Crippen MR) is 72.4 cm³/mol. The zero-order valence-electron chi connectivity index (χ0n) is 10.9. The fourth-order valence-corrected chi connectivity index (χ4v) is 3.30. The Bertz CT molecular complexity index is 404. The molecule has 1 N–H and O–H groups in total. The van der Waals surface area contributed by atoms with Crippen LogP contribution in [-0.4, -0.2) is 13.6 Å². The molecule has 1 aromatic carbocycles. The van der Waals surface area contributed by atoms with E-state index in [1.54, 1.807) is 16.7 Å². The van der Waals surface area contributed by atoms with Gasteiger partial charge in [-0.1, -0.05) is 18.2 Å². The third-order valence-corrected chi connectivity index (χ3v) is 4.50. The molecule has 1 nitrogen and oxygen atoms in total. The van der Waals surface area contributed by atoms with Gasteiger partial charge in [0, 0.05) is 6.54 Å². The topological polar surface area (TPSA) is 12.0 Å². The first kappa shape index (κ1) is 11.3. The van der Waals surface area contributed by atoms with Crippen molar-refractivity contribution >= 4 is 0 Å². The van der Waals surface area contributed by atoms with Crippen molar-refractivity contribution in [2.24, 2.45) is 5.41 Å². The second-order valence-electron chi connectivity index (χ2n) is 6.02. The highest BCUT2D eigenvalue weighted by molar-refractivity contribution is 5.34. The highest BCUT2D eigenvalue weighted by Crippen LogP contribution is 2.47. The summed E-state index contributed by atoms with van der Waals surface area (Å²) >= 11 is 0. The Balaban J connectivity index is 1.75. The second-order valence-corrected chi connectivity index (χ2v) is 6.02. The highest BCUT2D eigenvalue weighted by atomic mass is 14.8. The molecule has 1 aromatic rings. The summed E-state index contributed by atoms with van der Waals surface area (Å²) in [5.74, 6) is 0. The van der Waals surface area contributed by atoms with E-state index in [4.69, 9.17) is 0 Å². The van der Waals surface area contributed by atoms with Crippen LogP contribution in [0.25, 0.3) is 0 Å². The minimum Gasteiger partial charge on any atom is -0.319 e. The molecule has 0 aliphatic heterocycles. The first-order chi connectivity index (χ1) is 8.31. The molecular formula is C16H23N. The predicted octanol–water partition coefficient (Wildman–Crippen LogP) is 3.11. The summed E-state index contributed by atoms with van der Waals surface area (Å²) in [6, 6.07) is 7.25. The van der Waals surface area contributed by atoms with Crippen LogP contribution in [0.5, 0.6) is 0 Å². The summed E-state index contributed by atoms with van der Waals surface area (Å²) < 4.78 is 0. The first-order valence-corrected chi connectivity index (χ1v) is 7.07. The molecule has 2 aliphatic carbocycles. The molecule has 17 heavy (non-hydrogen) atoms. The van der Waals surface area contributed by atoms with Crippen molar-refractivity contribution in [2.45, 2.75) is 44.9 Å². The van der Waals surface area contributed by atoms with E-state index in [2.05, 4.69) is 30.6 Å². The lowest BCUT2D eigenvalue weighted by Crippen LogP contribution is -2.22. The fourth-order valence-electron chi connectivity index (χ4n) is 3.30. The number of hydrogen-bond acceptors (Lipinski definition) is 1. The molecule has 0 heterocycles. The summed E-state index contributed by atoms with van der Waals surface area (Å²) in [6.45, 7) is 1.18. The Hall–Kier alpha value is -0.820. The number of rotatable bonds is 4. The van der Waals surface area contributed by atoms with Gasteiger partial charge in [0.15, 0.2) is 0 Å². The van der Waals surface area contributed by atoms with E-state index in [-0.39, 0.29) is 0 Å². The molecule has 0 saturated heterocycles. The quantitative estimate of drug-likeness (QED) is 0.836. The molecule has 92 valence electrons. The first-order valence-electron chi connectivity index (χ1n) is 7.07. The fraction of sp³-hybridized carbons (Fsp3) is 0.625. The van der Waals surface area contributed by atoms with E-state index >= 15 is 0 Å². The number of fused-ring (bicyclic) bond motifs is 1. The summed E-state index contributed by atoms with van der Waals surface area (Å²) in [6.07, 6.45) is 9.48. The van der Waals surface area contributed by atoms with Gasteiger partial charge in [0.25, 0.3) is 0 Å². The maximum atomic E-state index is 3.35. The van der Waals surface area contributed by atoms with E-state index in [1.165, 1.54) is 51.5 Å². The lowest BCUT2D eigenvalue weighted by Gasteiger charge is -2.19. The van der Waals surface area contributed by atoms with Gasteiger partial charge in [0.1, 0.15) is 0 Å². The Morgan fingerprint density at radius 1 is 1.12 bits per heavy atom. The molecule has 0 bridgehead atoms. The number of aryl methyl sites for hydroxylation is 2. The number of nitrogens with one attached hydrogen (secondary N) is 1. The van der Waals surface area contributed by atoms with Gasteiger partial charge in [-0.05, 0) is 74.1 Å². The zero-order chi connectivity index (χ0) is 11.7. The molecule has 0 aromatic heterocycles. The van der Waals surface area contributed by atoms with Crippen LogP contribution in [0.3, 0.4) is 0 Å². The van der Waals surface area contributed by atoms with Crippen LogP contribution in [0, 0.1) is 5.41 Å². The minimum absolute atomic E-state index is 0.595. The molecule has 1 fully saturated rings. The van der Waals surface area contributed by atoms with Crippen molar-refractivity contribution in [1.29, 1.82) is 0 Å². The maximum Gasteiger partial charge on any atom is 0.000800 e. The van der Waals surface area contributed by atoms with Gasteiger partial charge < -0.3 is 5.32 Å². The Morgan fingerprint density at radius 2 is 1.88 bits per heavy atom. The molecule has 3 rings (SSSR count). The third kappa shape index (κ3) is 2.40. The third-order valence-electron chi connectivity index (χ3n) is 4.50. The Kier molecular flexibility index (Phi) is 2.96. The van der Waals surface area contributed by atoms with Gasteiger partial charge in [0.05, 0.1) is 0 Å². The van der Waals surface area contributed by atoms with Crippen LogP contribution >= 0.6 is 0 Å². The van der Waals surface area contributed by atoms with Gasteiger partial charge in [-0.3, -0.25) is 0 Å². The second kappa shape index (κ2) is 4.45. The van der Waals surface area contributed by atoms with Crippen LogP contribution in [0.2, 0.25) is 0 Å². The van der Waals surface area contributed by atoms with Crippen LogP contribution < -0.4 is 5.32 Å². The SMILES string of the molecule is CNCC1(Cc2ccc3c(c2)CCCC3)CC1. The van der Waals surface area contributed by atoms with E-state index in [1.807, 2.05) is 0 Å². The van der Waals surface area contributed by atoms with E-state index in [0.29, 0.717) is 5.41 Å². The molecule has 0 unspecified atom stereocenters. The summed E-state index contributed by atoms with van der Waals surface area (Å²) in [5, 5.41) is 3.35. The van der Waals surface area contributed by atoms with Crippen LogP contribution in [0.1, 0.15) is 42.4 Å². The highest BCUT2D eigenvalue weighted by Gasteiger charge is 2.41. The molecule has 1 heteroatoms. The van der Waals surface area contributed by atoms with Gasteiger partial charge in [-0.15, -0.1) is 0 Å². The molecule has 0 amide bonds. The normalized spacial score (nSPS) is 21.0. The number of benzene rings is 1. The Labute approximate surface area is 105 Å². The van der Waals surface area contributed by atoms with Gasteiger partial charge in [-0.2, -0.15) is 0 Å². The Morgan fingerprint density at radius 3 is 2.59 bits per heavy atom. The summed E-state index contributed by atoms with van der Waals surface area (Å²) in [7, 11) is 2.08. The number of hydrogen-bond donors (Lipinski definition) is 1. The van der Waals surface area contributed by atoms with Gasteiger partial charge in [0.2, 0.25) is 0 Å². The smallest absolute Gasteiger partial charge is 0.000800 e. The van der Waals surface area contributed by atoms with Crippen LogP contribution in [0.4, 0.5) is 0 Å². The average Bonchev–Trinajstić information content (AvgIpc) is 3.09. The van der Waals surface area contributed by atoms with E-state index in [0.717, 1.165) is 0 Å². The van der Waals surface area contributed by atoms with Crippen molar-refractivity contribution < 1.29 is 0 Å². The minimum atomic E-state index is 0.595. The molecule has 0 spiro atoms. The van der Waals surface area contributed by atoms with Crippen LogP contribution in [-0.2, 0) is 19.3 Å². The summed E-state index contributed by atoms with van der Waals surface area (Å²) in [4.78, 5) is 0. The lowest BCUT2D eigenvalue weighted by molar-refractivity contribution is 0.478. The average molecular weight is 229 g/mol. The monoisotopic (exact) mass is 229 g/mol. The maximum absolute atomic E-state index is 3.35. The molecule has 2 aliphatic rings. The van der Waals surface area contributed by atoms with Gasteiger partial charge >= 0.3 is 0 Å². The lowest BCUT2D eigenvalue weighted by atomic mass is 9.88. The van der Waals surface area contributed by atoms with Crippen molar-refractivity contribution in [2.75, 3.05) is 13.6 Å². The molecular weight excluding hydrogens is 206 g/mol. The molecule has 1 saturated carbocycles. The molecule has 0 radical (unpaired) electrons. The van der Waals surface area contributed by atoms with Crippen molar-refractivity contribution in [3.05, 3.63) is 34.9 Å². The van der Waals surface area contributed by atoms with Crippen molar-refractivity contribution in [3.63, 3.8) is 0 Å². The van der Waals surface area contributed by atoms with Crippen LogP contribution in [0.15, 0.2) is 18.2 Å².